The fraction of sp³-hybridized carbons (Fsp3) is 0.722. The summed E-state index contributed by atoms with van der Waals surface area (Å²) in [6.45, 7) is 6.35. The van der Waals surface area contributed by atoms with Crippen LogP contribution in [0, 0.1) is 0 Å². The van der Waals surface area contributed by atoms with E-state index in [-0.39, 0.29) is 31.1 Å². The van der Waals surface area contributed by atoms with Gasteiger partial charge in [0.2, 0.25) is 0 Å². The van der Waals surface area contributed by atoms with E-state index in [4.69, 9.17) is 14.2 Å². The fourth-order valence-electron chi connectivity index (χ4n) is 6.77. The Morgan fingerprint density at radius 3 is 1.20 bits per heavy atom. The summed E-state index contributed by atoms with van der Waals surface area (Å²) in [7, 11) is 0. The van der Waals surface area contributed by atoms with E-state index in [9.17, 15) is 14.4 Å². The lowest BCUT2D eigenvalue weighted by molar-refractivity contribution is -0.167. The van der Waals surface area contributed by atoms with Crippen molar-refractivity contribution in [2.75, 3.05) is 13.2 Å². The molecule has 0 N–H and O–H groups in total. The molecular weight excluding hydrogens is 745 g/mol. The van der Waals surface area contributed by atoms with Crippen LogP contribution in [0.15, 0.2) is 72.9 Å². The van der Waals surface area contributed by atoms with Gasteiger partial charge in [-0.3, -0.25) is 14.4 Å². The maximum absolute atomic E-state index is 12.8. The molecule has 0 aromatic carbocycles. The summed E-state index contributed by atoms with van der Waals surface area (Å²) >= 11 is 0. The number of rotatable bonds is 44. The largest absolute Gasteiger partial charge is 0.462 e. The van der Waals surface area contributed by atoms with Gasteiger partial charge in [0.15, 0.2) is 6.10 Å². The molecule has 0 aromatic heterocycles. The highest BCUT2D eigenvalue weighted by atomic mass is 16.6. The molecule has 0 amide bonds. The molecule has 0 spiro atoms. The van der Waals surface area contributed by atoms with Gasteiger partial charge in [0, 0.05) is 19.3 Å². The maximum atomic E-state index is 12.8. The summed E-state index contributed by atoms with van der Waals surface area (Å²) in [5.41, 5.74) is 0. The van der Waals surface area contributed by atoms with Crippen molar-refractivity contribution in [1.82, 2.24) is 0 Å². The highest BCUT2D eigenvalue weighted by molar-refractivity contribution is 5.71. The van der Waals surface area contributed by atoms with Crippen LogP contribution in [0.2, 0.25) is 0 Å². The first-order valence-electron chi connectivity index (χ1n) is 25.0. The van der Waals surface area contributed by atoms with Crippen molar-refractivity contribution in [3.63, 3.8) is 0 Å². The van der Waals surface area contributed by atoms with E-state index in [1.807, 2.05) is 0 Å². The van der Waals surface area contributed by atoms with E-state index in [2.05, 4.69) is 93.7 Å². The van der Waals surface area contributed by atoms with Crippen LogP contribution >= 0.6 is 0 Å². The summed E-state index contributed by atoms with van der Waals surface area (Å²) in [6.07, 6.45) is 60.3. The van der Waals surface area contributed by atoms with Crippen molar-refractivity contribution in [2.24, 2.45) is 0 Å². The van der Waals surface area contributed by atoms with Crippen LogP contribution in [0.5, 0.6) is 0 Å². The Morgan fingerprint density at radius 2 is 0.733 bits per heavy atom. The van der Waals surface area contributed by atoms with E-state index in [0.29, 0.717) is 19.3 Å². The first kappa shape index (κ1) is 56.9. The lowest BCUT2D eigenvalue weighted by atomic mass is 10.1. The second kappa shape index (κ2) is 48.5. The van der Waals surface area contributed by atoms with Crippen molar-refractivity contribution < 1.29 is 28.6 Å². The molecule has 0 saturated heterocycles. The molecule has 0 aliphatic rings. The van der Waals surface area contributed by atoms with Crippen molar-refractivity contribution in [2.45, 2.75) is 239 Å². The highest BCUT2D eigenvalue weighted by Crippen LogP contribution is 2.14. The molecule has 6 nitrogen and oxygen atoms in total. The van der Waals surface area contributed by atoms with Gasteiger partial charge in [-0.1, -0.05) is 196 Å². The lowest BCUT2D eigenvalue weighted by Gasteiger charge is -2.18. The van der Waals surface area contributed by atoms with Gasteiger partial charge in [0.25, 0.3) is 0 Å². The predicted octanol–water partition coefficient (Wildman–Crippen LogP) is 16.3. The van der Waals surface area contributed by atoms with Gasteiger partial charge in [-0.05, 0) is 89.9 Å². The molecule has 1 unspecified atom stereocenters. The normalized spacial score (nSPS) is 12.7. The van der Waals surface area contributed by atoms with E-state index in [0.717, 1.165) is 116 Å². The molecule has 0 fully saturated rings. The SMILES string of the molecule is CC\C=C/C=C\C=C/CCCCCCCC(=O)OC(COC(=O)CCCCCCC/C=C\C/C=C\CC)COC(=O)CCCCCCCCC/C=C\CCCCCCCC. The minimum atomic E-state index is -0.792. The molecule has 6 heteroatoms. The number of hydrogen-bond donors (Lipinski definition) is 0. The van der Waals surface area contributed by atoms with Gasteiger partial charge in [0.1, 0.15) is 13.2 Å². The van der Waals surface area contributed by atoms with Gasteiger partial charge in [-0.2, -0.15) is 0 Å². The topological polar surface area (TPSA) is 78.9 Å². The molecule has 60 heavy (non-hydrogen) atoms. The summed E-state index contributed by atoms with van der Waals surface area (Å²) < 4.78 is 16.7. The van der Waals surface area contributed by atoms with Crippen LogP contribution in [0.25, 0.3) is 0 Å². The summed E-state index contributed by atoms with van der Waals surface area (Å²) in [5, 5.41) is 0. The van der Waals surface area contributed by atoms with Crippen LogP contribution < -0.4 is 0 Å². The van der Waals surface area contributed by atoms with E-state index < -0.39 is 6.10 Å². The van der Waals surface area contributed by atoms with Crippen LogP contribution in [0.3, 0.4) is 0 Å². The second-order valence-corrected chi connectivity index (χ2v) is 16.4. The number of allylic oxidation sites excluding steroid dienone is 12. The van der Waals surface area contributed by atoms with E-state index >= 15 is 0 Å². The number of carbonyl (C=O) groups is 3. The third-order valence-corrected chi connectivity index (χ3v) is 10.5. The Morgan fingerprint density at radius 1 is 0.367 bits per heavy atom. The average molecular weight is 837 g/mol. The van der Waals surface area contributed by atoms with Crippen LogP contribution in [0.1, 0.15) is 233 Å². The van der Waals surface area contributed by atoms with Crippen molar-refractivity contribution >= 4 is 17.9 Å². The maximum Gasteiger partial charge on any atom is 0.306 e. The first-order valence-corrected chi connectivity index (χ1v) is 25.0. The zero-order valence-electron chi connectivity index (χ0n) is 39.2. The second-order valence-electron chi connectivity index (χ2n) is 16.4. The number of unbranched alkanes of at least 4 members (excludes halogenated alkanes) is 23. The molecule has 344 valence electrons. The number of hydrogen-bond acceptors (Lipinski definition) is 6. The summed E-state index contributed by atoms with van der Waals surface area (Å²) in [6, 6.07) is 0. The van der Waals surface area contributed by atoms with Gasteiger partial charge < -0.3 is 14.2 Å². The summed E-state index contributed by atoms with van der Waals surface area (Å²) in [4.78, 5) is 37.9. The Balaban J connectivity index is 4.40. The van der Waals surface area contributed by atoms with Gasteiger partial charge in [-0.25, -0.2) is 0 Å². The molecule has 1 atom stereocenters. The number of carbonyl (C=O) groups excluding carboxylic acids is 3. The minimum Gasteiger partial charge on any atom is -0.462 e. The molecule has 0 bridgehead atoms. The lowest BCUT2D eigenvalue weighted by Crippen LogP contribution is -2.30. The first-order chi connectivity index (χ1) is 29.5. The zero-order chi connectivity index (χ0) is 43.7. The molecule has 0 saturated carbocycles. The Hall–Kier alpha value is -3.15. The molecule has 0 rings (SSSR count). The van der Waals surface area contributed by atoms with E-state index in [1.165, 1.54) is 77.0 Å². The van der Waals surface area contributed by atoms with Crippen LogP contribution in [-0.2, 0) is 28.6 Å². The smallest absolute Gasteiger partial charge is 0.306 e. The molecule has 0 aliphatic heterocycles. The van der Waals surface area contributed by atoms with Gasteiger partial charge in [-0.15, -0.1) is 0 Å². The molecule has 0 aromatic rings. The van der Waals surface area contributed by atoms with Gasteiger partial charge >= 0.3 is 17.9 Å². The Kier molecular flexibility index (Phi) is 46.0. The number of ether oxygens (including phenoxy) is 3. The number of esters is 3. The minimum absolute atomic E-state index is 0.0911. The average Bonchev–Trinajstić information content (AvgIpc) is 3.24. The highest BCUT2D eigenvalue weighted by Gasteiger charge is 2.19. The Labute approximate surface area is 370 Å². The van der Waals surface area contributed by atoms with Crippen molar-refractivity contribution in [3.8, 4) is 0 Å². The van der Waals surface area contributed by atoms with Gasteiger partial charge in [0.05, 0.1) is 0 Å². The quantitative estimate of drug-likeness (QED) is 0.0200. The standard InChI is InChI=1S/C54H92O6/c1-4-7-10-13-16-19-22-25-26-27-28-30-32-35-38-41-44-47-53(56)59-50-51(49-58-52(55)46-43-40-37-34-31-24-21-18-15-12-9-6-3)60-54(57)48-45-42-39-36-33-29-23-20-17-14-11-8-5-2/h8-9,11-12,14,17-18,20-21,23,25-26,51H,4-7,10,13,15-16,19,22,24,27-50H2,1-3H3/b11-8-,12-9-,17-14-,21-18-,23-20-,26-25-. The van der Waals surface area contributed by atoms with Crippen LogP contribution in [-0.4, -0.2) is 37.2 Å². The third kappa shape index (κ3) is 45.9. The Bertz CT molecular complexity index is 1140. The van der Waals surface area contributed by atoms with Crippen molar-refractivity contribution in [1.29, 1.82) is 0 Å². The zero-order valence-corrected chi connectivity index (χ0v) is 39.2. The molecule has 0 aliphatic carbocycles. The van der Waals surface area contributed by atoms with Crippen LogP contribution in [0.4, 0.5) is 0 Å². The predicted molar refractivity (Wildman–Crippen MR) is 256 cm³/mol. The van der Waals surface area contributed by atoms with Crippen molar-refractivity contribution in [3.05, 3.63) is 72.9 Å². The fourth-order valence-corrected chi connectivity index (χ4v) is 6.77. The van der Waals surface area contributed by atoms with E-state index in [1.54, 1.807) is 0 Å². The molecule has 0 radical (unpaired) electrons. The summed E-state index contributed by atoms with van der Waals surface area (Å²) in [5.74, 6) is -0.932. The molecular formula is C54H92O6. The monoisotopic (exact) mass is 837 g/mol. The third-order valence-electron chi connectivity index (χ3n) is 10.5. The molecule has 0 heterocycles.